The van der Waals surface area contributed by atoms with Crippen molar-refractivity contribution in [1.29, 1.82) is 0 Å². The molecule has 4 heteroatoms. The van der Waals surface area contributed by atoms with Gasteiger partial charge in [-0.25, -0.2) is 8.78 Å². The summed E-state index contributed by atoms with van der Waals surface area (Å²) in [6.45, 7) is 2.46. The van der Waals surface area contributed by atoms with Gasteiger partial charge in [0.15, 0.2) is 0 Å². The number of aryl methyl sites for hydroxylation is 1. The minimum Gasteiger partial charge on any atom is -0.494 e. The molecule has 3 aromatic carbocycles. The maximum absolute atomic E-state index is 13.6. The molecule has 29 heavy (non-hydrogen) atoms. The van der Waals surface area contributed by atoms with Gasteiger partial charge in [0.1, 0.15) is 17.2 Å². The molecule has 0 radical (unpaired) electrons. The number of hydrogen-bond acceptors (Lipinski definition) is 2. The summed E-state index contributed by atoms with van der Waals surface area (Å²) in [5.41, 5.74) is 1.74. The molecule has 1 atom stereocenters. The SMILES string of the molecule is CCOc1ccc(C(CCCc2cccc(Oc3ccccc3)c2)C(F)F)cc1. The quantitative estimate of drug-likeness (QED) is 0.359. The molecule has 0 bridgehead atoms. The highest BCUT2D eigenvalue weighted by Gasteiger charge is 2.22. The van der Waals surface area contributed by atoms with Crippen molar-refractivity contribution < 1.29 is 18.3 Å². The predicted molar refractivity (Wildman–Crippen MR) is 112 cm³/mol. The molecule has 0 aliphatic rings. The predicted octanol–water partition coefficient (Wildman–Crippen LogP) is 7.25. The van der Waals surface area contributed by atoms with E-state index in [0.29, 0.717) is 30.8 Å². The molecule has 0 saturated carbocycles. The maximum Gasteiger partial charge on any atom is 0.245 e. The first-order chi connectivity index (χ1) is 14.2. The van der Waals surface area contributed by atoms with Crippen molar-refractivity contribution in [2.45, 2.75) is 38.5 Å². The van der Waals surface area contributed by atoms with Crippen LogP contribution in [0.1, 0.15) is 36.8 Å². The van der Waals surface area contributed by atoms with Crippen LogP contribution in [0.3, 0.4) is 0 Å². The van der Waals surface area contributed by atoms with Gasteiger partial charge in [-0.2, -0.15) is 0 Å². The molecule has 0 fully saturated rings. The largest absolute Gasteiger partial charge is 0.494 e. The second-order valence-corrected chi connectivity index (χ2v) is 6.90. The Morgan fingerprint density at radius 2 is 1.52 bits per heavy atom. The Balaban J connectivity index is 1.57. The van der Waals surface area contributed by atoms with Gasteiger partial charge < -0.3 is 9.47 Å². The normalized spacial score (nSPS) is 12.0. The van der Waals surface area contributed by atoms with Crippen LogP contribution in [0.2, 0.25) is 0 Å². The Labute approximate surface area is 171 Å². The van der Waals surface area contributed by atoms with Crippen LogP contribution < -0.4 is 9.47 Å². The zero-order valence-corrected chi connectivity index (χ0v) is 16.6. The van der Waals surface area contributed by atoms with Crippen LogP contribution in [0.5, 0.6) is 17.2 Å². The fourth-order valence-electron chi connectivity index (χ4n) is 3.33. The number of halogens is 2. The summed E-state index contributed by atoms with van der Waals surface area (Å²) in [6.07, 6.45) is -0.556. The Kier molecular flexibility index (Phi) is 7.62. The minimum absolute atomic E-state index is 0.426. The smallest absolute Gasteiger partial charge is 0.245 e. The zero-order valence-electron chi connectivity index (χ0n) is 16.6. The number of ether oxygens (including phenoxy) is 2. The van der Waals surface area contributed by atoms with E-state index >= 15 is 0 Å². The average molecular weight is 396 g/mol. The van der Waals surface area contributed by atoms with E-state index in [0.717, 1.165) is 23.5 Å². The Morgan fingerprint density at radius 1 is 0.793 bits per heavy atom. The number of hydrogen-bond donors (Lipinski definition) is 0. The van der Waals surface area contributed by atoms with Gasteiger partial charge in [0, 0.05) is 5.92 Å². The summed E-state index contributed by atoms with van der Waals surface area (Å²) in [5.74, 6) is 1.47. The van der Waals surface area contributed by atoms with Crippen molar-refractivity contribution in [2.75, 3.05) is 6.61 Å². The third-order valence-corrected chi connectivity index (χ3v) is 4.78. The molecule has 3 rings (SSSR count). The van der Waals surface area contributed by atoms with Gasteiger partial charge in [0.05, 0.1) is 6.61 Å². The highest BCUT2D eigenvalue weighted by Crippen LogP contribution is 2.30. The lowest BCUT2D eigenvalue weighted by Crippen LogP contribution is -2.10. The van der Waals surface area contributed by atoms with E-state index in [1.54, 1.807) is 24.3 Å². The highest BCUT2D eigenvalue weighted by atomic mass is 19.3. The van der Waals surface area contributed by atoms with Gasteiger partial charge in [-0.05, 0) is 73.7 Å². The summed E-state index contributed by atoms with van der Waals surface area (Å²) in [4.78, 5) is 0. The van der Waals surface area contributed by atoms with Crippen LogP contribution in [0.15, 0.2) is 78.9 Å². The topological polar surface area (TPSA) is 18.5 Å². The van der Waals surface area contributed by atoms with E-state index in [-0.39, 0.29) is 0 Å². The van der Waals surface area contributed by atoms with Crippen molar-refractivity contribution in [3.05, 3.63) is 90.0 Å². The summed E-state index contributed by atoms with van der Waals surface area (Å²) >= 11 is 0. The van der Waals surface area contributed by atoms with Crippen molar-refractivity contribution in [2.24, 2.45) is 0 Å². The average Bonchev–Trinajstić information content (AvgIpc) is 2.73. The van der Waals surface area contributed by atoms with E-state index < -0.39 is 12.3 Å². The fraction of sp³-hybridized carbons (Fsp3) is 0.280. The molecule has 152 valence electrons. The summed E-state index contributed by atoms with van der Waals surface area (Å²) in [6, 6.07) is 24.4. The van der Waals surface area contributed by atoms with Crippen LogP contribution in [-0.2, 0) is 6.42 Å². The van der Waals surface area contributed by atoms with Gasteiger partial charge in [-0.3, -0.25) is 0 Å². The van der Waals surface area contributed by atoms with E-state index in [2.05, 4.69) is 0 Å². The molecule has 0 aromatic heterocycles. The van der Waals surface area contributed by atoms with Gasteiger partial charge in [0.25, 0.3) is 0 Å². The Morgan fingerprint density at radius 3 is 2.21 bits per heavy atom. The molecule has 0 amide bonds. The summed E-state index contributed by atoms with van der Waals surface area (Å²) in [7, 11) is 0. The fourth-order valence-corrected chi connectivity index (χ4v) is 3.33. The van der Waals surface area contributed by atoms with Gasteiger partial charge in [0.2, 0.25) is 6.43 Å². The molecule has 0 aliphatic carbocycles. The van der Waals surface area contributed by atoms with E-state index in [1.807, 2.05) is 61.5 Å². The molecular weight excluding hydrogens is 370 g/mol. The summed E-state index contributed by atoms with van der Waals surface area (Å²) in [5, 5.41) is 0. The second-order valence-electron chi connectivity index (χ2n) is 6.90. The molecule has 0 aliphatic heterocycles. The zero-order chi connectivity index (χ0) is 20.5. The first-order valence-electron chi connectivity index (χ1n) is 9.98. The number of rotatable bonds is 10. The minimum atomic E-state index is -2.39. The lowest BCUT2D eigenvalue weighted by Gasteiger charge is -2.17. The molecule has 0 N–H and O–H groups in total. The third-order valence-electron chi connectivity index (χ3n) is 4.78. The van der Waals surface area contributed by atoms with Gasteiger partial charge in [-0.1, -0.05) is 42.5 Å². The second kappa shape index (κ2) is 10.6. The van der Waals surface area contributed by atoms with E-state index in [4.69, 9.17) is 9.47 Å². The molecule has 2 nitrogen and oxygen atoms in total. The van der Waals surface area contributed by atoms with Gasteiger partial charge >= 0.3 is 0 Å². The highest BCUT2D eigenvalue weighted by molar-refractivity contribution is 5.34. The van der Waals surface area contributed by atoms with Crippen LogP contribution in [0.25, 0.3) is 0 Å². The van der Waals surface area contributed by atoms with E-state index in [1.165, 1.54) is 0 Å². The Hall–Kier alpha value is -2.88. The van der Waals surface area contributed by atoms with Crippen LogP contribution in [0, 0.1) is 0 Å². The van der Waals surface area contributed by atoms with E-state index in [9.17, 15) is 8.78 Å². The van der Waals surface area contributed by atoms with Crippen molar-refractivity contribution in [3.63, 3.8) is 0 Å². The maximum atomic E-state index is 13.6. The van der Waals surface area contributed by atoms with Crippen molar-refractivity contribution in [1.82, 2.24) is 0 Å². The summed E-state index contributed by atoms with van der Waals surface area (Å²) < 4.78 is 38.5. The first-order valence-corrected chi connectivity index (χ1v) is 9.98. The molecular formula is C25H26F2O2. The standard InChI is InChI=1S/C25H26F2O2/c1-2-28-21-16-14-20(15-17-21)24(25(26)27)13-7-9-19-8-6-12-23(18-19)29-22-10-4-3-5-11-22/h3-6,8,10-12,14-18,24-25H,2,7,9,13H2,1H3. The third kappa shape index (κ3) is 6.31. The molecule has 0 heterocycles. The molecule has 1 unspecified atom stereocenters. The number of para-hydroxylation sites is 1. The van der Waals surface area contributed by atoms with Crippen LogP contribution >= 0.6 is 0 Å². The lowest BCUT2D eigenvalue weighted by molar-refractivity contribution is 0.109. The van der Waals surface area contributed by atoms with Crippen molar-refractivity contribution in [3.8, 4) is 17.2 Å². The van der Waals surface area contributed by atoms with Crippen molar-refractivity contribution >= 4 is 0 Å². The molecule has 3 aromatic rings. The van der Waals surface area contributed by atoms with Crippen LogP contribution in [-0.4, -0.2) is 13.0 Å². The first kappa shape index (κ1) is 20.8. The van der Waals surface area contributed by atoms with Crippen LogP contribution in [0.4, 0.5) is 8.78 Å². The van der Waals surface area contributed by atoms with Gasteiger partial charge in [-0.15, -0.1) is 0 Å². The number of benzene rings is 3. The number of alkyl halides is 2. The Bertz CT molecular complexity index is 864. The molecule has 0 spiro atoms. The molecule has 0 saturated heterocycles. The lowest BCUT2D eigenvalue weighted by atomic mass is 9.93. The monoisotopic (exact) mass is 396 g/mol.